The van der Waals surface area contributed by atoms with Crippen LogP contribution >= 0.6 is 0 Å². The fraction of sp³-hybridized carbons (Fsp3) is 1.00. The van der Waals surface area contributed by atoms with Crippen molar-refractivity contribution in [2.45, 2.75) is 65.0 Å². The summed E-state index contributed by atoms with van der Waals surface area (Å²) in [5, 5.41) is 0. The summed E-state index contributed by atoms with van der Waals surface area (Å²) in [6.45, 7) is 2.43. The first-order valence-corrected chi connectivity index (χ1v) is 4.71. The minimum atomic E-state index is -2.03. The van der Waals surface area contributed by atoms with Crippen LogP contribution < -0.4 is 0 Å². The van der Waals surface area contributed by atoms with Crippen LogP contribution in [0, 0.1) is 11.8 Å². The van der Waals surface area contributed by atoms with Gasteiger partial charge in [0.15, 0.2) is 0 Å². The molecule has 0 heterocycles. The van der Waals surface area contributed by atoms with Gasteiger partial charge in [-0.05, 0) is 18.3 Å². The minimum absolute atomic E-state index is 0.195. The fourth-order valence-corrected chi connectivity index (χ4v) is 1.86. The Morgan fingerprint density at radius 1 is 1.08 bits per heavy atom. The molecule has 0 bridgehead atoms. The lowest BCUT2D eigenvalue weighted by atomic mass is 9.78. The van der Waals surface area contributed by atoms with Gasteiger partial charge in [-0.2, -0.15) is 0 Å². The van der Waals surface area contributed by atoms with Crippen molar-refractivity contribution in [1.29, 1.82) is 0 Å². The zero-order valence-electron chi connectivity index (χ0n) is 16.0. The molecule has 0 amide bonds. The molecule has 1 rings (SSSR count). The summed E-state index contributed by atoms with van der Waals surface area (Å²) in [7, 11) is 0. The van der Waals surface area contributed by atoms with Gasteiger partial charge in [0.2, 0.25) is 0 Å². The van der Waals surface area contributed by atoms with Crippen molar-refractivity contribution in [3.05, 3.63) is 0 Å². The highest BCUT2D eigenvalue weighted by molar-refractivity contribution is 4.72. The van der Waals surface area contributed by atoms with Crippen LogP contribution in [-0.2, 0) is 0 Å². The molecular weight excluding hydrogens is 144 g/mol. The van der Waals surface area contributed by atoms with Crippen molar-refractivity contribution in [2.75, 3.05) is 0 Å². The molecule has 0 spiro atoms. The SMILES string of the molecule is [2H]C([2H])(C)C([2H])([2H])C1CCCC(C([2H])([2H])C([2H])([2H])C)C1. The normalized spacial score (nSPS) is 45.2. The van der Waals surface area contributed by atoms with Gasteiger partial charge in [0.25, 0.3) is 0 Å². The van der Waals surface area contributed by atoms with Gasteiger partial charge in [-0.15, -0.1) is 0 Å². The third kappa shape index (κ3) is 3.16. The van der Waals surface area contributed by atoms with Crippen molar-refractivity contribution >= 4 is 0 Å². The van der Waals surface area contributed by atoms with E-state index in [9.17, 15) is 0 Å². The highest BCUT2D eigenvalue weighted by Gasteiger charge is 2.20. The Bertz CT molecular complexity index is 306. The Hall–Kier alpha value is 0. The van der Waals surface area contributed by atoms with E-state index in [2.05, 4.69) is 0 Å². The van der Waals surface area contributed by atoms with Gasteiger partial charge in [0.05, 0.1) is 0 Å². The first-order chi connectivity index (χ1) is 8.71. The largest absolute Gasteiger partial charge is 0.0654 e. The number of hydrogen-bond donors (Lipinski definition) is 0. The van der Waals surface area contributed by atoms with E-state index in [-0.39, 0.29) is 6.42 Å². The molecule has 72 valence electrons. The Morgan fingerprint density at radius 3 is 2.00 bits per heavy atom. The maximum absolute atomic E-state index is 8.00. The molecule has 1 aliphatic rings. The molecule has 1 aliphatic carbocycles. The summed E-state index contributed by atoms with van der Waals surface area (Å²) >= 11 is 0. The predicted octanol–water partition coefficient (Wildman–Crippen LogP) is 4.39. The molecule has 0 nitrogen and oxygen atoms in total. The maximum Gasteiger partial charge on any atom is 0.0269 e. The molecule has 0 aromatic heterocycles. The first-order valence-electron chi connectivity index (χ1n) is 8.71. The summed E-state index contributed by atoms with van der Waals surface area (Å²) < 4.78 is 62.5. The molecule has 2 unspecified atom stereocenters. The van der Waals surface area contributed by atoms with Crippen LogP contribution in [-0.4, -0.2) is 0 Å². The minimum Gasteiger partial charge on any atom is -0.0654 e. The van der Waals surface area contributed by atoms with Gasteiger partial charge in [-0.1, -0.05) is 58.6 Å². The average molecular weight is 176 g/mol. The second-order valence-electron chi connectivity index (χ2n) is 3.35. The van der Waals surface area contributed by atoms with Crippen molar-refractivity contribution in [3.8, 4) is 0 Å². The molecule has 0 aromatic carbocycles. The third-order valence-corrected chi connectivity index (χ3v) is 2.37. The second kappa shape index (κ2) is 5.61. The maximum atomic E-state index is 8.00. The van der Waals surface area contributed by atoms with E-state index < -0.39 is 37.3 Å². The average Bonchev–Trinajstić information content (AvgIpc) is 2.26. The smallest absolute Gasteiger partial charge is 0.0269 e. The quantitative estimate of drug-likeness (QED) is 0.596. The lowest BCUT2D eigenvalue weighted by Crippen LogP contribution is -2.15. The number of rotatable bonds is 4. The summed E-state index contributed by atoms with van der Waals surface area (Å²) in [5.74, 6) is -1.14. The van der Waals surface area contributed by atoms with Crippen LogP contribution in [0.5, 0.6) is 0 Å². The van der Waals surface area contributed by atoms with Crippen LogP contribution in [0.25, 0.3) is 0 Å². The standard InChI is InChI=1S/C12H24/c1-3-6-11-8-5-9-12(10-11)7-4-2/h11-12H,3-10H2,1-2H3/i3D2,4D2,6D2,7D2. The van der Waals surface area contributed by atoms with Gasteiger partial charge in [-0.3, -0.25) is 0 Å². The van der Waals surface area contributed by atoms with Gasteiger partial charge in [0.1, 0.15) is 0 Å². The van der Waals surface area contributed by atoms with Crippen LogP contribution in [0.1, 0.15) is 76.0 Å². The Labute approximate surface area is 89.0 Å². The zero-order chi connectivity index (χ0) is 16.0. The monoisotopic (exact) mass is 176 g/mol. The Morgan fingerprint density at radius 2 is 1.58 bits per heavy atom. The van der Waals surface area contributed by atoms with Crippen molar-refractivity contribution in [1.82, 2.24) is 0 Å². The van der Waals surface area contributed by atoms with Gasteiger partial charge < -0.3 is 0 Å². The lowest BCUT2D eigenvalue weighted by Gasteiger charge is -2.28. The molecule has 0 aromatic rings. The van der Waals surface area contributed by atoms with E-state index in [0.29, 0.717) is 19.3 Å². The second-order valence-corrected chi connectivity index (χ2v) is 3.35. The highest BCUT2D eigenvalue weighted by atomic mass is 14.3. The topological polar surface area (TPSA) is 0 Å². The lowest BCUT2D eigenvalue weighted by molar-refractivity contribution is 0.242. The predicted molar refractivity (Wildman–Crippen MR) is 55.3 cm³/mol. The summed E-state index contributed by atoms with van der Waals surface area (Å²) in [5.41, 5.74) is 0. The van der Waals surface area contributed by atoms with E-state index in [1.165, 1.54) is 13.8 Å². The summed E-state index contributed by atoms with van der Waals surface area (Å²) in [6.07, 6.45) is -6.17. The van der Waals surface area contributed by atoms with Crippen molar-refractivity contribution in [3.63, 3.8) is 0 Å². The molecule has 12 heavy (non-hydrogen) atoms. The van der Waals surface area contributed by atoms with Crippen LogP contribution in [0.15, 0.2) is 0 Å². The zero-order valence-corrected chi connectivity index (χ0v) is 7.98. The summed E-state index contributed by atoms with van der Waals surface area (Å²) in [4.78, 5) is 0. The van der Waals surface area contributed by atoms with E-state index in [4.69, 9.17) is 11.0 Å². The Kier molecular flexibility index (Phi) is 1.70. The fourth-order valence-electron chi connectivity index (χ4n) is 1.86. The van der Waals surface area contributed by atoms with E-state index in [0.717, 1.165) is 0 Å². The molecule has 0 N–H and O–H groups in total. The van der Waals surface area contributed by atoms with Gasteiger partial charge >= 0.3 is 0 Å². The first kappa shape index (κ1) is 3.63. The molecule has 0 heteroatoms. The van der Waals surface area contributed by atoms with Crippen LogP contribution in [0.4, 0.5) is 0 Å². The molecule has 0 radical (unpaired) electrons. The van der Waals surface area contributed by atoms with Crippen molar-refractivity contribution in [2.24, 2.45) is 11.8 Å². The molecular formula is C12H24. The molecule has 2 atom stereocenters. The highest BCUT2D eigenvalue weighted by Crippen LogP contribution is 2.33. The van der Waals surface area contributed by atoms with E-state index >= 15 is 0 Å². The van der Waals surface area contributed by atoms with E-state index in [1.807, 2.05) is 0 Å². The van der Waals surface area contributed by atoms with E-state index in [1.54, 1.807) is 0 Å². The molecule has 0 aliphatic heterocycles. The van der Waals surface area contributed by atoms with Crippen LogP contribution in [0.3, 0.4) is 0 Å². The van der Waals surface area contributed by atoms with Gasteiger partial charge in [0, 0.05) is 11.0 Å². The number of hydrogen-bond acceptors (Lipinski definition) is 0. The van der Waals surface area contributed by atoms with Crippen molar-refractivity contribution < 1.29 is 11.0 Å². The molecule has 0 saturated heterocycles. The molecule has 1 saturated carbocycles. The summed E-state index contributed by atoms with van der Waals surface area (Å²) in [6, 6.07) is 0. The Balaban J connectivity index is 2.94. The van der Waals surface area contributed by atoms with Gasteiger partial charge in [-0.25, -0.2) is 0 Å². The molecule has 1 fully saturated rings. The third-order valence-electron chi connectivity index (χ3n) is 2.37. The van der Waals surface area contributed by atoms with Crippen LogP contribution in [0.2, 0.25) is 0 Å².